The Kier molecular flexibility index (Phi) is 5.22. The van der Waals surface area contributed by atoms with Crippen LogP contribution < -0.4 is 5.73 Å². The molecule has 3 nitrogen and oxygen atoms in total. The van der Waals surface area contributed by atoms with Crippen LogP contribution in [0.4, 0.5) is 8.78 Å². The van der Waals surface area contributed by atoms with Gasteiger partial charge in [0.2, 0.25) is 0 Å². The summed E-state index contributed by atoms with van der Waals surface area (Å²) in [4.78, 5) is 13.1. The molecule has 0 aromatic heterocycles. The molecule has 1 aromatic rings. The van der Waals surface area contributed by atoms with Crippen molar-refractivity contribution < 1.29 is 15.0 Å². The standard InChI is InChI=1S/C11H12F2N2O.C2H6.H2/c12-8-4-2-1-3-7(8)11(16)15-5-9(13)10(14)6-15;1-2;/h1-4,9-10H,5-6,14H2;1-2H3;1H/t9?,10-;;/m1../s1. The van der Waals surface area contributed by atoms with Gasteiger partial charge in [0, 0.05) is 7.97 Å². The summed E-state index contributed by atoms with van der Waals surface area (Å²) in [5.41, 5.74) is 5.42. The summed E-state index contributed by atoms with van der Waals surface area (Å²) >= 11 is 0. The number of likely N-dealkylation sites (tertiary alicyclic amines) is 1. The summed E-state index contributed by atoms with van der Waals surface area (Å²) in [7, 11) is 0. The van der Waals surface area contributed by atoms with Crippen LogP contribution in [-0.4, -0.2) is 36.1 Å². The minimum Gasteiger partial charge on any atom is -0.334 e. The third-order valence-electron chi connectivity index (χ3n) is 2.68. The summed E-state index contributed by atoms with van der Waals surface area (Å²) < 4.78 is 26.4. The van der Waals surface area contributed by atoms with Crippen molar-refractivity contribution in [1.82, 2.24) is 4.90 Å². The molecule has 0 radical (unpaired) electrons. The maximum Gasteiger partial charge on any atom is 0.256 e. The van der Waals surface area contributed by atoms with Gasteiger partial charge < -0.3 is 10.6 Å². The zero-order valence-electron chi connectivity index (χ0n) is 10.6. The molecule has 1 saturated heterocycles. The lowest BCUT2D eigenvalue weighted by molar-refractivity contribution is 0.0777. The zero-order chi connectivity index (χ0) is 13.7. The van der Waals surface area contributed by atoms with E-state index in [1.807, 2.05) is 13.8 Å². The summed E-state index contributed by atoms with van der Waals surface area (Å²) in [5, 5.41) is 0. The van der Waals surface area contributed by atoms with Gasteiger partial charge in [-0.15, -0.1) is 0 Å². The SMILES string of the molecule is CC.N[C@@H]1CN(C(=O)c2ccccc2F)CC1F.[HH]. The number of hydrogen-bond acceptors (Lipinski definition) is 2. The average molecular weight is 258 g/mol. The quantitative estimate of drug-likeness (QED) is 0.839. The van der Waals surface area contributed by atoms with Crippen LogP contribution in [0.2, 0.25) is 0 Å². The van der Waals surface area contributed by atoms with Crippen LogP contribution in [0.3, 0.4) is 0 Å². The van der Waals surface area contributed by atoms with Crippen molar-refractivity contribution in [3.05, 3.63) is 35.6 Å². The maximum atomic E-state index is 13.3. The van der Waals surface area contributed by atoms with Crippen molar-refractivity contribution >= 4 is 5.91 Å². The predicted molar refractivity (Wildman–Crippen MR) is 68.6 cm³/mol. The van der Waals surface area contributed by atoms with E-state index in [2.05, 4.69) is 0 Å². The van der Waals surface area contributed by atoms with Gasteiger partial charge in [0.1, 0.15) is 12.0 Å². The van der Waals surface area contributed by atoms with E-state index in [-0.39, 0.29) is 20.1 Å². The Balaban J connectivity index is 0.00000103. The van der Waals surface area contributed by atoms with E-state index in [9.17, 15) is 13.6 Å². The molecule has 2 atom stereocenters. The van der Waals surface area contributed by atoms with Crippen LogP contribution >= 0.6 is 0 Å². The number of nitrogens with two attached hydrogens (primary N) is 1. The monoisotopic (exact) mass is 258 g/mol. The number of hydrogen-bond donors (Lipinski definition) is 1. The van der Waals surface area contributed by atoms with Crippen molar-refractivity contribution in [2.24, 2.45) is 5.73 Å². The van der Waals surface area contributed by atoms with Crippen LogP contribution in [0.5, 0.6) is 0 Å². The molecule has 1 aromatic carbocycles. The van der Waals surface area contributed by atoms with E-state index in [1.54, 1.807) is 6.07 Å². The van der Waals surface area contributed by atoms with Gasteiger partial charge in [0.25, 0.3) is 5.91 Å². The number of carbonyl (C=O) groups is 1. The van der Waals surface area contributed by atoms with Crippen molar-refractivity contribution in [2.75, 3.05) is 13.1 Å². The van der Waals surface area contributed by atoms with E-state index >= 15 is 0 Å². The Labute approximate surface area is 107 Å². The van der Waals surface area contributed by atoms with E-state index in [0.29, 0.717) is 0 Å². The van der Waals surface area contributed by atoms with Crippen LogP contribution in [0.15, 0.2) is 24.3 Å². The van der Waals surface area contributed by atoms with Crippen LogP contribution in [0.1, 0.15) is 25.6 Å². The highest BCUT2D eigenvalue weighted by Gasteiger charge is 2.33. The Morgan fingerprint density at radius 2 is 2.00 bits per heavy atom. The Morgan fingerprint density at radius 3 is 2.50 bits per heavy atom. The van der Waals surface area contributed by atoms with E-state index in [1.165, 1.54) is 23.1 Å². The number of nitrogens with zero attached hydrogens (tertiary/aromatic N) is 1. The predicted octanol–water partition coefficient (Wildman–Crippen LogP) is 2.22. The van der Waals surface area contributed by atoms with Crippen molar-refractivity contribution in [3.8, 4) is 0 Å². The molecular weight excluding hydrogens is 238 g/mol. The second-order valence-electron chi connectivity index (χ2n) is 3.87. The molecule has 2 rings (SSSR count). The molecule has 18 heavy (non-hydrogen) atoms. The fourth-order valence-corrected chi connectivity index (χ4v) is 1.76. The van der Waals surface area contributed by atoms with Crippen molar-refractivity contribution in [3.63, 3.8) is 0 Å². The smallest absolute Gasteiger partial charge is 0.256 e. The first-order valence-electron chi connectivity index (χ1n) is 6.03. The second-order valence-corrected chi connectivity index (χ2v) is 3.87. The normalized spacial score (nSPS) is 22.4. The molecule has 0 saturated carbocycles. The molecule has 2 N–H and O–H groups in total. The van der Waals surface area contributed by atoms with Crippen molar-refractivity contribution in [2.45, 2.75) is 26.1 Å². The molecule has 1 amide bonds. The highest BCUT2D eigenvalue weighted by molar-refractivity contribution is 5.94. The fourth-order valence-electron chi connectivity index (χ4n) is 1.76. The molecular formula is C13H20F2N2O. The third kappa shape index (κ3) is 3.04. The molecule has 0 spiro atoms. The largest absolute Gasteiger partial charge is 0.334 e. The van der Waals surface area contributed by atoms with E-state index in [4.69, 9.17) is 5.73 Å². The lowest BCUT2D eigenvalue weighted by Crippen LogP contribution is -2.32. The molecule has 1 heterocycles. The topological polar surface area (TPSA) is 46.3 Å². The Hall–Kier alpha value is -1.49. The molecule has 1 aliphatic rings. The summed E-state index contributed by atoms with van der Waals surface area (Å²) in [6, 6.07) is 4.99. The van der Waals surface area contributed by atoms with Gasteiger partial charge in [-0.3, -0.25) is 4.79 Å². The number of rotatable bonds is 1. The summed E-state index contributed by atoms with van der Waals surface area (Å²) in [5.74, 6) is -1.10. The Morgan fingerprint density at radius 1 is 1.39 bits per heavy atom. The van der Waals surface area contributed by atoms with Gasteiger partial charge in [-0.1, -0.05) is 26.0 Å². The molecule has 0 aliphatic carbocycles. The summed E-state index contributed by atoms with van der Waals surface area (Å²) in [6.07, 6.45) is -1.23. The molecule has 102 valence electrons. The van der Waals surface area contributed by atoms with Crippen LogP contribution in [0, 0.1) is 5.82 Å². The zero-order valence-corrected chi connectivity index (χ0v) is 10.6. The van der Waals surface area contributed by atoms with Gasteiger partial charge >= 0.3 is 0 Å². The van der Waals surface area contributed by atoms with Gasteiger partial charge in [-0.2, -0.15) is 0 Å². The average Bonchev–Trinajstić information content (AvgIpc) is 2.72. The van der Waals surface area contributed by atoms with Gasteiger partial charge in [-0.05, 0) is 12.1 Å². The molecule has 5 heteroatoms. The summed E-state index contributed by atoms with van der Waals surface area (Å²) in [6.45, 7) is 4.07. The lowest BCUT2D eigenvalue weighted by Gasteiger charge is -2.15. The van der Waals surface area contributed by atoms with E-state index < -0.39 is 23.9 Å². The van der Waals surface area contributed by atoms with Crippen molar-refractivity contribution in [1.29, 1.82) is 0 Å². The number of benzene rings is 1. The first kappa shape index (κ1) is 14.6. The minimum absolute atomic E-state index is 0. The fraction of sp³-hybridized carbons (Fsp3) is 0.462. The molecule has 1 fully saturated rings. The third-order valence-corrected chi connectivity index (χ3v) is 2.68. The minimum atomic E-state index is -1.23. The lowest BCUT2D eigenvalue weighted by atomic mass is 10.2. The highest BCUT2D eigenvalue weighted by Crippen LogP contribution is 2.16. The number of carbonyl (C=O) groups excluding carboxylic acids is 1. The Bertz CT molecular complexity index is 407. The van der Waals surface area contributed by atoms with Gasteiger partial charge in [0.05, 0.1) is 18.2 Å². The van der Waals surface area contributed by atoms with E-state index in [0.717, 1.165) is 0 Å². The number of alkyl halides is 1. The first-order valence-corrected chi connectivity index (χ1v) is 6.03. The van der Waals surface area contributed by atoms with Gasteiger partial charge in [0.15, 0.2) is 0 Å². The van der Waals surface area contributed by atoms with Crippen LogP contribution in [-0.2, 0) is 0 Å². The first-order chi connectivity index (χ1) is 8.59. The number of amides is 1. The molecule has 0 bridgehead atoms. The maximum absolute atomic E-state index is 13.3. The number of halogens is 2. The molecule has 1 unspecified atom stereocenters. The van der Waals surface area contributed by atoms with Gasteiger partial charge in [-0.25, -0.2) is 8.78 Å². The second kappa shape index (κ2) is 6.44. The highest BCUT2D eigenvalue weighted by atomic mass is 19.1. The van der Waals surface area contributed by atoms with Crippen LogP contribution in [0.25, 0.3) is 0 Å². The molecule has 1 aliphatic heterocycles.